The Kier molecular flexibility index (Phi) is 5.46. The Morgan fingerprint density at radius 3 is 2.53 bits per heavy atom. The van der Waals surface area contributed by atoms with Gasteiger partial charge in [-0.25, -0.2) is 0 Å². The second-order valence-electron chi connectivity index (χ2n) is 3.64. The standard InChI is InChI=1S/C14H18O/c1-2-3-4-6-11-14(12-15)13-9-7-5-8-10-13/h5,7-12H,2-4,6H2,1H3/b14-11-. The van der Waals surface area contributed by atoms with E-state index in [4.69, 9.17) is 0 Å². The maximum absolute atomic E-state index is 10.9. The van der Waals surface area contributed by atoms with Crippen molar-refractivity contribution in [2.75, 3.05) is 0 Å². The zero-order valence-corrected chi connectivity index (χ0v) is 9.28. The van der Waals surface area contributed by atoms with Gasteiger partial charge in [0.15, 0.2) is 0 Å². The van der Waals surface area contributed by atoms with E-state index >= 15 is 0 Å². The second kappa shape index (κ2) is 6.99. The van der Waals surface area contributed by atoms with E-state index in [0.717, 1.165) is 23.8 Å². The number of hydrogen-bond acceptors (Lipinski definition) is 1. The molecule has 0 aliphatic carbocycles. The fourth-order valence-electron chi connectivity index (χ4n) is 1.52. The van der Waals surface area contributed by atoms with Gasteiger partial charge in [-0.15, -0.1) is 0 Å². The van der Waals surface area contributed by atoms with Gasteiger partial charge in [0.05, 0.1) is 0 Å². The summed E-state index contributed by atoms with van der Waals surface area (Å²) < 4.78 is 0. The number of carbonyl (C=O) groups excluding carboxylic acids is 1. The summed E-state index contributed by atoms with van der Waals surface area (Å²) in [5.74, 6) is 0. The number of hydrogen-bond donors (Lipinski definition) is 0. The van der Waals surface area contributed by atoms with Crippen LogP contribution in [0.25, 0.3) is 5.57 Å². The van der Waals surface area contributed by atoms with Crippen LogP contribution in [0, 0.1) is 0 Å². The van der Waals surface area contributed by atoms with Crippen molar-refractivity contribution in [3.63, 3.8) is 0 Å². The lowest BCUT2D eigenvalue weighted by molar-refractivity contribution is -0.103. The number of rotatable bonds is 6. The van der Waals surface area contributed by atoms with Crippen molar-refractivity contribution in [1.82, 2.24) is 0 Å². The molecule has 0 unspecified atom stereocenters. The monoisotopic (exact) mass is 202 g/mol. The van der Waals surface area contributed by atoms with Crippen LogP contribution in [-0.2, 0) is 4.79 Å². The van der Waals surface area contributed by atoms with Crippen LogP contribution < -0.4 is 0 Å². The molecule has 0 aliphatic heterocycles. The van der Waals surface area contributed by atoms with E-state index in [1.54, 1.807) is 0 Å². The molecular formula is C14H18O. The summed E-state index contributed by atoms with van der Waals surface area (Å²) in [7, 11) is 0. The average molecular weight is 202 g/mol. The number of aldehydes is 1. The van der Waals surface area contributed by atoms with E-state index in [1.807, 2.05) is 36.4 Å². The Labute approximate surface area is 91.8 Å². The summed E-state index contributed by atoms with van der Waals surface area (Å²) in [4.78, 5) is 10.9. The normalized spacial score (nSPS) is 11.4. The first-order valence-electron chi connectivity index (χ1n) is 5.59. The summed E-state index contributed by atoms with van der Waals surface area (Å²) in [6, 6.07) is 9.82. The first kappa shape index (κ1) is 11.7. The highest BCUT2D eigenvalue weighted by Gasteiger charge is 1.97. The van der Waals surface area contributed by atoms with Gasteiger partial charge in [-0.3, -0.25) is 4.79 Å². The minimum absolute atomic E-state index is 0.812. The lowest BCUT2D eigenvalue weighted by Crippen LogP contribution is -1.85. The molecule has 0 saturated carbocycles. The summed E-state index contributed by atoms with van der Waals surface area (Å²) in [6.07, 6.45) is 7.60. The number of allylic oxidation sites excluding steroid dienone is 2. The summed E-state index contributed by atoms with van der Waals surface area (Å²) >= 11 is 0. The van der Waals surface area contributed by atoms with Crippen molar-refractivity contribution < 1.29 is 4.79 Å². The molecule has 0 heterocycles. The van der Waals surface area contributed by atoms with Crippen LogP contribution in [0.2, 0.25) is 0 Å². The number of benzene rings is 1. The van der Waals surface area contributed by atoms with Gasteiger partial charge in [0, 0.05) is 5.57 Å². The van der Waals surface area contributed by atoms with Gasteiger partial charge in [0.25, 0.3) is 0 Å². The molecule has 1 aromatic rings. The Morgan fingerprint density at radius 1 is 1.20 bits per heavy atom. The maximum Gasteiger partial charge on any atom is 0.150 e. The number of unbranched alkanes of at least 4 members (excludes halogenated alkanes) is 3. The average Bonchev–Trinajstić information content (AvgIpc) is 2.30. The summed E-state index contributed by atoms with van der Waals surface area (Å²) in [5.41, 5.74) is 1.83. The molecule has 0 radical (unpaired) electrons. The fourth-order valence-corrected chi connectivity index (χ4v) is 1.52. The molecule has 0 atom stereocenters. The van der Waals surface area contributed by atoms with Crippen molar-refractivity contribution in [2.24, 2.45) is 0 Å². The van der Waals surface area contributed by atoms with E-state index in [2.05, 4.69) is 6.92 Å². The van der Waals surface area contributed by atoms with E-state index in [0.29, 0.717) is 0 Å². The maximum atomic E-state index is 10.9. The molecule has 0 aromatic heterocycles. The zero-order valence-electron chi connectivity index (χ0n) is 9.28. The highest BCUT2D eigenvalue weighted by molar-refractivity contribution is 6.06. The molecule has 0 fully saturated rings. The summed E-state index contributed by atoms with van der Waals surface area (Å²) in [6.45, 7) is 2.18. The van der Waals surface area contributed by atoms with Gasteiger partial charge in [-0.2, -0.15) is 0 Å². The quantitative estimate of drug-likeness (QED) is 0.389. The van der Waals surface area contributed by atoms with Crippen LogP contribution in [0.1, 0.15) is 38.2 Å². The van der Waals surface area contributed by atoms with Crippen molar-refractivity contribution in [1.29, 1.82) is 0 Å². The van der Waals surface area contributed by atoms with E-state index in [1.165, 1.54) is 19.3 Å². The minimum Gasteiger partial charge on any atom is -0.298 e. The van der Waals surface area contributed by atoms with Crippen molar-refractivity contribution in [3.05, 3.63) is 42.0 Å². The molecule has 0 spiro atoms. The first-order valence-corrected chi connectivity index (χ1v) is 5.59. The van der Waals surface area contributed by atoms with Crippen LogP contribution in [0.15, 0.2) is 36.4 Å². The molecule has 15 heavy (non-hydrogen) atoms. The zero-order chi connectivity index (χ0) is 10.9. The van der Waals surface area contributed by atoms with Gasteiger partial charge in [-0.1, -0.05) is 56.2 Å². The predicted molar refractivity (Wildman–Crippen MR) is 64.6 cm³/mol. The van der Waals surface area contributed by atoms with Gasteiger partial charge >= 0.3 is 0 Å². The molecule has 0 saturated heterocycles. The Morgan fingerprint density at radius 2 is 1.93 bits per heavy atom. The molecule has 80 valence electrons. The van der Waals surface area contributed by atoms with Gasteiger partial charge in [0.2, 0.25) is 0 Å². The Balaban J connectivity index is 2.59. The second-order valence-corrected chi connectivity index (χ2v) is 3.64. The lowest BCUT2D eigenvalue weighted by Gasteiger charge is -1.99. The predicted octanol–water partition coefficient (Wildman–Crippen LogP) is 3.85. The third-order valence-corrected chi connectivity index (χ3v) is 2.41. The lowest BCUT2D eigenvalue weighted by atomic mass is 10.0. The molecule has 0 N–H and O–H groups in total. The third kappa shape index (κ3) is 4.11. The van der Waals surface area contributed by atoms with Crippen LogP contribution in [-0.4, -0.2) is 6.29 Å². The van der Waals surface area contributed by atoms with E-state index in [9.17, 15) is 4.79 Å². The molecule has 0 amide bonds. The van der Waals surface area contributed by atoms with E-state index < -0.39 is 0 Å². The number of carbonyl (C=O) groups is 1. The van der Waals surface area contributed by atoms with Crippen LogP contribution >= 0.6 is 0 Å². The smallest absolute Gasteiger partial charge is 0.150 e. The Bertz CT molecular complexity index is 311. The summed E-state index contributed by atoms with van der Waals surface area (Å²) in [5, 5.41) is 0. The van der Waals surface area contributed by atoms with Gasteiger partial charge in [0.1, 0.15) is 6.29 Å². The first-order chi connectivity index (χ1) is 7.38. The molecule has 0 aliphatic rings. The molecular weight excluding hydrogens is 184 g/mol. The minimum atomic E-state index is 0.812. The largest absolute Gasteiger partial charge is 0.298 e. The van der Waals surface area contributed by atoms with Gasteiger partial charge < -0.3 is 0 Å². The van der Waals surface area contributed by atoms with Crippen LogP contribution in [0.4, 0.5) is 0 Å². The van der Waals surface area contributed by atoms with Crippen molar-refractivity contribution in [2.45, 2.75) is 32.6 Å². The SMILES string of the molecule is CCCCC/C=C(/C=O)c1ccccc1. The highest BCUT2D eigenvalue weighted by atomic mass is 16.1. The van der Waals surface area contributed by atoms with Crippen molar-refractivity contribution >= 4 is 11.9 Å². The molecule has 1 nitrogen and oxygen atoms in total. The third-order valence-electron chi connectivity index (χ3n) is 2.41. The van der Waals surface area contributed by atoms with Gasteiger partial charge in [-0.05, 0) is 18.4 Å². The topological polar surface area (TPSA) is 17.1 Å². The molecule has 1 heteroatoms. The molecule has 1 aromatic carbocycles. The van der Waals surface area contributed by atoms with Crippen LogP contribution in [0.5, 0.6) is 0 Å². The van der Waals surface area contributed by atoms with Crippen LogP contribution in [0.3, 0.4) is 0 Å². The molecule has 1 rings (SSSR count). The molecule has 0 bridgehead atoms. The fraction of sp³-hybridized carbons (Fsp3) is 0.357. The van der Waals surface area contributed by atoms with E-state index in [-0.39, 0.29) is 0 Å². The highest BCUT2D eigenvalue weighted by Crippen LogP contribution is 2.13. The van der Waals surface area contributed by atoms with Crippen molar-refractivity contribution in [3.8, 4) is 0 Å². The Hall–Kier alpha value is -1.37.